The Morgan fingerprint density at radius 2 is 1.96 bits per heavy atom. The van der Waals surface area contributed by atoms with Gasteiger partial charge in [-0.1, -0.05) is 6.58 Å². The molecule has 126 valence electrons. The van der Waals surface area contributed by atoms with Gasteiger partial charge in [0.15, 0.2) is 5.82 Å². The topological polar surface area (TPSA) is 89.8 Å². The molecule has 0 unspecified atom stereocenters. The molecule has 6 heteroatoms. The van der Waals surface area contributed by atoms with Gasteiger partial charge in [-0.2, -0.15) is 0 Å². The number of benzene rings is 1. The maximum Gasteiger partial charge on any atom is 0.177 e. The summed E-state index contributed by atoms with van der Waals surface area (Å²) in [6, 6.07) is 9.54. The molecule has 0 atom stereocenters. The molecule has 25 heavy (non-hydrogen) atoms. The van der Waals surface area contributed by atoms with Crippen LogP contribution in [0.25, 0.3) is 22.5 Å². The Labute approximate surface area is 145 Å². The Hall–Kier alpha value is -2.99. The van der Waals surface area contributed by atoms with E-state index >= 15 is 0 Å². The number of aromatic nitrogens is 4. The maximum absolute atomic E-state index is 10.3. The summed E-state index contributed by atoms with van der Waals surface area (Å²) in [4.78, 5) is 4.37. The molecule has 6 nitrogen and oxygen atoms in total. The second-order valence-corrected chi connectivity index (χ2v) is 6.41. The van der Waals surface area contributed by atoms with E-state index in [1.807, 2.05) is 41.2 Å². The normalized spacial score (nSPS) is 19.4. The smallest absolute Gasteiger partial charge is 0.177 e. The number of phenolic OH excluding ortho intramolecular Hbond substituents is 1. The van der Waals surface area contributed by atoms with Crippen molar-refractivity contribution in [3.63, 3.8) is 0 Å². The maximum atomic E-state index is 10.3. The zero-order valence-corrected chi connectivity index (χ0v) is 13.7. The minimum Gasteiger partial charge on any atom is -0.507 e. The van der Waals surface area contributed by atoms with Crippen LogP contribution in [0.5, 0.6) is 5.75 Å². The largest absolute Gasteiger partial charge is 0.507 e. The van der Waals surface area contributed by atoms with Crippen molar-refractivity contribution in [1.29, 1.82) is 0 Å². The van der Waals surface area contributed by atoms with Crippen LogP contribution in [0, 0.1) is 5.92 Å². The van der Waals surface area contributed by atoms with Gasteiger partial charge in [0.25, 0.3) is 0 Å². The van der Waals surface area contributed by atoms with Crippen molar-refractivity contribution in [3.8, 4) is 22.7 Å². The van der Waals surface area contributed by atoms with Gasteiger partial charge in [-0.25, -0.2) is 4.98 Å². The molecule has 1 fully saturated rings. The Balaban J connectivity index is 1.57. The molecule has 0 radical (unpaired) electrons. The van der Waals surface area contributed by atoms with Crippen LogP contribution in [0.2, 0.25) is 0 Å². The molecule has 0 aliphatic heterocycles. The third kappa shape index (κ3) is 2.92. The van der Waals surface area contributed by atoms with E-state index in [2.05, 4.69) is 21.8 Å². The van der Waals surface area contributed by atoms with Gasteiger partial charge in [-0.15, -0.1) is 10.2 Å². The molecule has 0 spiro atoms. The molecule has 1 saturated carbocycles. The summed E-state index contributed by atoms with van der Waals surface area (Å²) in [5, 5.41) is 18.7. The Kier molecular flexibility index (Phi) is 3.82. The molecule has 3 N–H and O–H groups in total. The van der Waals surface area contributed by atoms with Crippen LogP contribution in [0.1, 0.15) is 18.7 Å². The molecule has 2 heterocycles. The van der Waals surface area contributed by atoms with Crippen molar-refractivity contribution in [3.05, 3.63) is 61.3 Å². The van der Waals surface area contributed by atoms with E-state index in [1.54, 1.807) is 12.3 Å². The van der Waals surface area contributed by atoms with Gasteiger partial charge >= 0.3 is 0 Å². The van der Waals surface area contributed by atoms with E-state index < -0.39 is 0 Å². The number of hydrogen-bond acceptors (Lipinski definition) is 5. The molecule has 0 bridgehead atoms. The minimum absolute atomic E-state index is 0.138. The fourth-order valence-corrected chi connectivity index (χ4v) is 3.08. The Morgan fingerprint density at radius 1 is 1.20 bits per heavy atom. The van der Waals surface area contributed by atoms with Crippen molar-refractivity contribution in [2.75, 3.05) is 0 Å². The lowest BCUT2D eigenvalue weighted by molar-refractivity contribution is 0.333. The van der Waals surface area contributed by atoms with Crippen molar-refractivity contribution in [2.24, 2.45) is 11.7 Å². The van der Waals surface area contributed by atoms with Gasteiger partial charge in [-0.05, 0) is 48.6 Å². The monoisotopic (exact) mass is 333 g/mol. The summed E-state index contributed by atoms with van der Waals surface area (Å²) in [5.41, 5.74) is 8.70. The van der Waals surface area contributed by atoms with Crippen LogP contribution in [0.15, 0.2) is 55.5 Å². The first kappa shape index (κ1) is 15.5. The summed E-state index contributed by atoms with van der Waals surface area (Å²) >= 11 is 0. The summed E-state index contributed by atoms with van der Waals surface area (Å²) < 4.78 is 1.92. The van der Waals surface area contributed by atoms with E-state index in [-0.39, 0.29) is 11.8 Å². The van der Waals surface area contributed by atoms with Crippen LogP contribution in [-0.4, -0.2) is 30.9 Å². The van der Waals surface area contributed by atoms with Gasteiger partial charge in [0.2, 0.25) is 0 Å². The Morgan fingerprint density at radius 3 is 2.56 bits per heavy atom. The number of nitrogens with zero attached hydrogens (tertiary/aromatic N) is 4. The van der Waals surface area contributed by atoms with Crippen LogP contribution >= 0.6 is 0 Å². The third-order valence-electron chi connectivity index (χ3n) is 4.68. The van der Waals surface area contributed by atoms with Crippen molar-refractivity contribution >= 4 is 5.57 Å². The minimum atomic E-state index is 0.138. The number of phenols is 1. The van der Waals surface area contributed by atoms with Crippen LogP contribution < -0.4 is 5.73 Å². The average Bonchev–Trinajstić information content (AvgIpc) is 3.13. The molecule has 0 amide bonds. The number of allylic oxidation sites excluding steroid dienone is 1. The molecule has 1 aromatic carbocycles. The van der Waals surface area contributed by atoms with Gasteiger partial charge in [0.05, 0.1) is 6.20 Å². The van der Waals surface area contributed by atoms with Crippen LogP contribution in [-0.2, 0) is 0 Å². The fourth-order valence-electron chi connectivity index (χ4n) is 3.08. The first-order valence-corrected chi connectivity index (χ1v) is 8.23. The number of nitrogens with two attached hydrogens (primary N) is 1. The molecule has 3 aromatic rings. The number of aromatic hydroxyl groups is 1. The first-order chi connectivity index (χ1) is 12.1. The highest BCUT2D eigenvalue weighted by atomic mass is 16.3. The fraction of sp³-hybridized carbons (Fsp3) is 0.211. The first-order valence-electron chi connectivity index (χ1n) is 8.23. The molecule has 0 saturated heterocycles. The average molecular weight is 333 g/mol. The van der Waals surface area contributed by atoms with Gasteiger partial charge in [0.1, 0.15) is 11.4 Å². The predicted molar refractivity (Wildman–Crippen MR) is 96.0 cm³/mol. The second kappa shape index (κ2) is 6.14. The molecule has 2 aromatic heterocycles. The zero-order chi connectivity index (χ0) is 17.4. The highest BCUT2D eigenvalue weighted by Crippen LogP contribution is 2.36. The SMILES string of the molecule is C=C(c1ncc(-c2ccc(-n3cccc3)cc2O)nn1)C1CC(N)C1. The van der Waals surface area contributed by atoms with E-state index in [0.29, 0.717) is 23.0 Å². The lowest BCUT2D eigenvalue weighted by Gasteiger charge is -2.33. The second-order valence-electron chi connectivity index (χ2n) is 6.41. The highest BCUT2D eigenvalue weighted by Gasteiger charge is 2.29. The van der Waals surface area contributed by atoms with Crippen molar-refractivity contribution in [2.45, 2.75) is 18.9 Å². The summed E-state index contributed by atoms with van der Waals surface area (Å²) in [5.74, 6) is 1.03. The van der Waals surface area contributed by atoms with Gasteiger partial charge in [0, 0.05) is 35.8 Å². The quantitative estimate of drug-likeness (QED) is 0.766. The lowest BCUT2D eigenvalue weighted by atomic mass is 9.76. The predicted octanol–water partition coefficient (Wildman–Crippen LogP) is 2.79. The zero-order valence-electron chi connectivity index (χ0n) is 13.7. The summed E-state index contributed by atoms with van der Waals surface area (Å²) in [6.45, 7) is 4.07. The highest BCUT2D eigenvalue weighted by molar-refractivity contribution is 5.68. The van der Waals surface area contributed by atoms with Gasteiger partial charge in [-0.3, -0.25) is 0 Å². The van der Waals surface area contributed by atoms with E-state index in [1.165, 1.54) is 0 Å². The molecule has 1 aliphatic carbocycles. The molecule has 1 aliphatic rings. The van der Waals surface area contributed by atoms with Gasteiger partial charge < -0.3 is 15.4 Å². The van der Waals surface area contributed by atoms with E-state index in [0.717, 1.165) is 24.1 Å². The van der Waals surface area contributed by atoms with E-state index in [9.17, 15) is 5.11 Å². The van der Waals surface area contributed by atoms with E-state index in [4.69, 9.17) is 5.73 Å². The van der Waals surface area contributed by atoms with Crippen LogP contribution in [0.3, 0.4) is 0 Å². The molecular weight excluding hydrogens is 314 g/mol. The van der Waals surface area contributed by atoms with Crippen LogP contribution in [0.4, 0.5) is 0 Å². The standard InChI is InChI=1S/C19H19N5O/c1-12(13-8-14(20)9-13)19-21-11-17(22-23-19)16-5-4-15(10-18(16)25)24-6-2-3-7-24/h2-7,10-11,13-14,25H,1,8-9,20H2. The number of hydrogen-bond donors (Lipinski definition) is 2. The molecular formula is C19H19N5O. The van der Waals surface area contributed by atoms with Crippen molar-refractivity contribution < 1.29 is 5.11 Å². The number of rotatable bonds is 4. The van der Waals surface area contributed by atoms with Crippen molar-refractivity contribution in [1.82, 2.24) is 19.7 Å². The third-order valence-corrected chi connectivity index (χ3v) is 4.68. The molecule has 4 rings (SSSR count). The summed E-state index contributed by atoms with van der Waals surface area (Å²) in [6.07, 6.45) is 7.30. The lowest BCUT2D eigenvalue weighted by Crippen LogP contribution is -2.36. The Bertz CT molecular complexity index is 896. The summed E-state index contributed by atoms with van der Waals surface area (Å²) in [7, 11) is 0.